The quantitative estimate of drug-likeness (QED) is 0.247. The van der Waals surface area contributed by atoms with Crippen LogP contribution in [0.1, 0.15) is 49.2 Å². The summed E-state index contributed by atoms with van der Waals surface area (Å²) < 4.78 is 48.6. The fourth-order valence-electron chi connectivity index (χ4n) is 6.08. The largest absolute Gasteiger partial charge is 0.478 e. The first-order valence-electron chi connectivity index (χ1n) is 14.9. The molecule has 1 saturated heterocycles. The minimum Gasteiger partial charge on any atom is -0.478 e. The SMILES string of the molecule is CC1(C(=O)OCC[Si](C)(C)C)CC(S(=O)(=O)N2CCC(C3=C(C(=O)O)C(c4cccc(F)c4Cl)N=C(c4nccs4)N3)CC2)C1. The summed E-state index contributed by atoms with van der Waals surface area (Å²) in [6.07, 6.45) is 2.74. The van der Waals surface area contributed by atoms with Crippen molar-refractivity contribution < 1.29 is 32.2 Å². The number of nitrogens with zero attached hydrogens (tertiary/aromatic N) is 3. The summed E-state index contributed by atoms with van der Waals surface area (Å²) >= 11 is 7.62. The molecule has 1 atom stereocenters. The summed E-state index contributed by atoms with van der Waals surface area (Å²) in [6, 6.07) is 3.96. The highest BCUT2D eigenvalue weighted by Crippen LogP contribution is 2.47. The van der Waals surface area contributed by atoms with Crippen LogP contribution in [0.3, 0.4) is 0 Å². The molecule has 2 fully saturated rings. The number of rotatable bonds is 10. The lowest BCUT2D eigenvalue weighted by Crippen LogP contribution is -2.54. The number of halogens is 2. The first-order valence-corrected chi connectivity index (χ1v) is 21.4. The van der Waals surface area contributed by atoms with E-state index in [0.717, 1.165) is 6.04 Å². The maximum Gasteiger partial charge on any atom is 0.335 e. The zero-order valence-electron chi connectivity index (χ0n) is 25.7. The van der Waals surface area contributed by atoms with Gasteiger partial charge in [-0.05, 0) is 44.7 Å². The normalized spacial score (nSPS) is 24.9. The Morgan fingerprint density at radius 2 is 1.93 bits per heavy atom. The summed E-state index contributed by atoms with van der Waals surface area (Å²) in [5.41, 5.74) is -0.273. The molecule has 1 saturated carbocycles. The Morgan fingerprint density at radius 3 is 2.53 bits per heavy atom. The number of carbonyl (C=O) groups excluding carboxylic acids is 1. The van der Waals surface area contributed by atoms with Crippen LogP contribution in [0.4, 0.5) is 4.39 Å². The number of piperidine rings is 1. The number of aliphatic imine (C=N–C) groups is 1. The predicted molar refractivity (Wildman–Crippen MR) is 174 cm³/mol. The minimum atomic E-state index is -3.68. The molecule has 0 radical (unpaired) electrons. The topological polar surface area (TPSA) is 138 Å². The monoisotopic (exact) mass is 696 g/mol. The number of sulfonamides is 1. The summed E-state index contributed by atoms with van der Waals surface area (Å²) in [5, 5.41) is 15.0. The molecule has 2 aromatic rings. The Kier molecular flexibility index (Phi) is 9.63. The Labute approximate surface area is 272 Å². The zero-order chi connectivity index (χ0) is 32.7. The molecule has 0 bridgehead atoms. The van der Waals surface area contributed by atoms with Crippen LogP contribution in [0.5, 0.6) is 0 Å². The van der Waals surface area contributed by atoms with Crippen molar-refractivity contribution in [2.45, 2.75) is 69.6 Å². The summed E-state index contributed by atoms with van der Waals surface area (Å²) in [6.45, 7) is 9.10. The van der Waals surface area contributed by atoms with Gasteiger partial charge in [-0.2, -0.15) is 0 Å². The first-order chi connectivity index (χ1) is 21.1. The van der Waals surface area contributed by atoms with Crippen LogP contribution >= 0.6 is 22.9 Å². The third-order valence-electron chi connectivity index (χ3n) is 8.79. The highest BCUT2D eigenvalue weighted by atomic mass is 35.5. The van der Waals surface area contributed by atoms with Gasteiger partial charge in [0, 0.05) is 49.9 Å². The molecule has 15 heteroatoms. The van der Waals surface area contributed by atoms with E-state index < -0.39 is 46.6 Å². The van der Waals surface area contributed by atoms with Gasteiger partial charge in [-0.3, -0.25) is 9.79 Å². The van der Waals surface area contributed by atoms with Gasteiger partial charge in [0.25, 0.3) is 0 Å². The smallest absolute Gasteiger partial charge is 0.335 e. The van der Waals surface area contributed by atoms with E-state index in [1.54, 1.807) is 24.6 Å². The fraction of sp³-hybridized carbons (Fsp3) is 0.533. The van der Waals surface area contributed by atoms with Gasteiger partial charge >= 0.3 is 11.9 Å². The fourth-order valence-corrected chi connectivity index (χ4v) is 9.91. The average Bonchev–Trinajstić information content (AvgIpc) is 3.51. The van der Waals surface area contributed by atoms with Crippen LogP contribution in [-0.2, 0) is 24.3 Å². The van der Waals surface area contributed by atoms with Crippen molar-refractivity contribution in [1.82, 2.24) is 14.6 Å². The van der Waals surface area contributed by atoms with Crippen molar-refractivity contribution in [3.63, 3.8) is 0 Å². The van der Waals surface area contributed by atoms with Crippen LogP contribution in [0.2, 0.25) is 30.7 Å². The average molecular weight is 697 g/mol. The van der Waals surface area contributed by atoms with Crippen LogP contribution in [0, 0.1) is 17.2 Å². The molecule has 3 heterocycles. The molecule has 244 valence electrons. The molecule has 3 aliphatic rings. The highest BCUT2D eigenvalue weighted by Gasteiger charge is 2.54. The molecule has 2 N–H and O–H groups in total. The Balaban J connectivity index is 1.31. The van der Waals surface area contributed by atoms with Crippen molar-refractivity contribution in [2.24, 2.45) is 16.3 Å². The second-order valence-electron chi connectivity index (χ2n) is 13.4. The van der Waals surface area contributed by atoms with Gasteiger partial charge in [0.15, 0.2) is 10.8 Å². The molecule has 1 aromatic heterocycles. The maximum atomic E-state index is 14.5. The molecule has 2 aliphatic heterocycles. The van der Waals surface area contributed by atoms with Crippen LogP contribution in [0.25, 0.3) is 0 Å². The third-order valence-corrected chi connectivity index (χ3v) is 13.9. The van der Waals surface area contributed by atoms with Crippen molar-refractivity contribution >= 4 is 58.8 Å². The molecule has 1 aliphatic carbocycles. The van der Waals surface area contributed by atoms with Gasteiger partial charge in [-0.15, -0.1) is 11.3 Å². The number of carboxylic acids is 1. The van der Waals surface area contributed by atoms with Gasteiger partial charge in [0.2, 0.25) is 10.0 Å². The molecule has 5 rings (SSSR count). The van der Waals surface area contributed by atoms with Gasteiger partial charge in [0.1, 0.15) is 11.9 Å². The molecule has 0 spiro atoms. The summed E-state index contributed by atoms with van der Waals surface area (Å²) in [7, 11) is -5.04. The molecule has 0 amide bonds. The van der Waals surface area contributed by atoms with Gasteiger partial charge in [-0.1, -0.05) is 43.4 Å². The first kappa shape index (κ1) is 33.7. The molecule has 10 nitrogen and oxygen atoms in total. The second kappa shape index (κ2) is 12.9. The van der Waals surface area contributed by atoms with Gasteiger partial charge in [-0.25, -0.2) is 26.9 Å². The van der Waals surface area contributed by atoms with Gasteiger partial charge in [0.05, 0.1) is 27.9 Å². The molecule has 1 aromatic carbocycles. The van der Waals surface area contributed by atoms with E-state index in [0.29, 0.717) is 36.0 Å². The van der Waals surface area contributed by atoms with E-state index in [9.17, 15) is 27.5 Å². The number of carbonyl (C=O) groups is 2. The Morgan fingerprint density at radius 1 is 1.24 bits per heavy atom. The molecular weight excluding hydrogens is 659 g/mol. The number of ether oxygens (including phenoxy) is 1. The van der Waals surface area contributed by atoms with E-state index in [4.69, 9.17) is 16.3 Å². The Hall–Kier alpha value is -2.65. The van der Waals surface area contributed by atoms with E-state index in [1.807, 2.05) is 0 Å². The third kappa shape index (κ3) is 7.04. The summed E-state index contributed by atoms with van der Waals surface area (Å²) in [4.78, 5) is 34.4. The number of thiazole rings is 1. The minimum absolute atomic E-state index is 0.0634. The zero-order valence-corrected chi connectivity index (χ0v) is 29.1. The highest BCUT2D eigenvalue weighted by molar-refractivity contribution is 7.89. The number of hydrogen-bond donors (Lipinski definition) is 2. The number of allylic oxidation sites excluding steroid dienone is 1. The van der Waals surface area contributed by atoms with Crippen LogP contribution < -0.4 is 5.32 Å². The molecule has 1 unspecified atom stereocenters. The van der Waals surface area contributed by atoms with E-state index in [-0.39, 0.29) is 54.0 Å². The van der Waals surface area contributed by atoms with Crippen molar-refractivity contribution in [1.29, 1.82) is 0 Å². The second-order valence-corrected chi connectivity index (χ2v) is 22.5. The number of aromatic nitrogens is 1. The predicted octanol–water partition coefficient (Wildman–Crippen LogP) is 5.46. The van der Waals surface area contributed by atoms with Crippen LogP contribution in [-0.4, -0.2) is 73.6 Å². The standard InChI is InChI=1S/C30H38ClFN4O6S2Si/c1-30(29(39)42-13-15-45(2,3)4)16-19(17-30)44(40,41)36-11-8-18(9-12-36)24-22(28(37)38)25(20-6-5-7-21(32)23(20)31)35-26(34-24)27-33-10-14-43-27/h5-7,10,14,18-19,25H,8-9,11-13,15-17H2,1-4H3,(H,34,35)(H,37,38). The number of aliphatic carboxylic acids is 1. The van der Waals surface area contributed by atoms with Gasteiger partial charge < -0.3 is 15.2 Å². The number of amidine groups is 1. The Bertz CT molecular complexity index is 1630. The number of esters is 1. The number of carboxylic acid groups (broad SMARTS) is 1. The number of benzene rings is 1. The maximum absolute atomic E-state index is 14.5. The van der Waals surface area contributed by atoms with Crippen molar-refractivity contribution in [3.05, 3.63) is 62.5 Å². The molecular formula is C30H38ClFN4O6S2Si. The molecule has 45 heavy (non-hydrogen) atoms. The number of nitrogens with one attached hydrogen (secondary N) is 1. The lowest BCUT2D eigenvalue weighted by Gasteiger charge is -2.45. The van der Waals surface area contributed by atoms with Crippen LogP contribution in [0.15, 0.2) is 46.0 Å². The lowest BCUT2D eigenvalue weighted by atomic mass is 9.70. The van der Waals surface area contributed by atoms with E-state index in [2.05, 4.69) is 34.9 Å². The lowest BCUT2D eigenvalue weighted by molar-refractivity contribution is -0.159. The van der Waals surface area contributed by atoms with E-state index >= 15 is 0 Å². The van der Waals surface area contributed by atoms with Crippen molar-refractivity contribution in [3.8, 4) is 0 Å². The van der Waals surface area contributed by atoms with E-state index in [1.165, 1.54) is 27.8 Å². The van der Waals surface area contributed by atoms with Crippen molar-refractivity contribution in [2.75, 3.05) is 19.7 Å². The number of hydrogen-bond acceptors (Lipinski definition) is 9. The summed E-state index contributed by atoms with van der Waals surface area (Å²) in [5.74, 6) is -2.25.